The molecule has 2 heterocycles. The maximum atomic E-state index is 12.9. The lowest BCUT2D eigenvalue weighted by molar-refractivity contribution is 0.122. The van der Waals surface area contributed by atoms with Gasteiger partial charge in [-0.1, -0.05) is 35.9 Å². The zero-order chi connectivity index (χ0) is 19.0. The van der Waals surface area contributed by atoms with Gasteiger partial charge in [-0.25, -0.2) is 8.42 Å². The number of rotatable bonds is 3. The minimum atomic E-state index is -3.45. The molecule has 0 saturated carbocycles. The number of benzene rings is 2. The highest BCUT2D eigenvalue weighted by Crippen LogP contribution is 2.39. The van der Waals surface area contributed by atoms with Crippen LogP contribution < -0.4 is 0 Å². The fourth-order valence-electron chi connectivity index (χ4n) is 4.53. The van der Waals surface area contributed by atoms with Gasteiger partial charge in [0.15, 0.2) is 0 Å². The summed E-state index contributed by atoms with van der Waals surface area (Å²) in [4.78, 5) is 2.77. The van der Waals surface area contributed by atoms with Crippen molar-refractivity contribution in [2.45, 2.75) is 30.2 Å². The first-order chi connectivity index (χ1) is 13.0. The summed E-state index contributed by atoms with van der Waals surface area (Å²) >= 11 is 5.89. The van der Waals surface area contributed by atoms with E-state index in [0.29, 0.717) is 35.0 Å². The van der Waals surface area contributed by atoms with E-state index in [1.54, 1.807) is 28.6 Å². The molecular weight excluding hydrogens is 380 g/mol. The van der Waals surface area contributed by atoms with Crippen LogP contribution in [-0.4, -0.2) is 44.3 Å². The lowest BCUT2D eigenvalue weighted by Gasteiger charge is -2.42. The van der Waals surface area contributed by atoms with Gasteiger partial charge in [-0.3, -0.25) is 4.90 Å². The van der Waals surface area contributed by atoms with E-state index < -0.39 is 10.0 Å². The van der Waals surface area contributed by atoms with Gasteiger partial charge in [-0.15, -0.1) is 0 Å². The van der Waals surface area contributed by atoms with Crippen molar-refractivity contribution < 1.29 is 8.42 Å². The van der Waals surface area contributed by atoms with Gasteiger partial charge in [0, 0.05) is 30.7 Å². The van der Waals surface area contributed by atoms with Crippen LogP contribution in [0.1, 0.15) is 30.0 Å². The highest BCUT2D eigenvalue weighted by molar-refractivity contribution is 7.89. The monoisotopic (exact) mass is 404 g/mol. The standard InChI is InChI=1S/C21H25ClN2O2S/c1-23-13-10-16-4-2-3-5-20(16)21(23)17-11-14-24(15-12-17)27(25,26)19-8-6-18(22)7-9-19/h2-9,17,21H,10-15H2,1H3. The molecule has 0 amide bonds. The third-order valence-corrected chi connectivity index (χ3v) is 8.14. The van der Waals surface area contributed by atoms with Gasteiger partial charge >= 0.3 is 0 Å². The van der Waals surface area contributed by atoms with E-state index in [0.717, 1.165) is 25.8 Å². The Kier molecular flexibility index (Phi) is 5.30. The molecule has 4 rings (SSSR count). The van der Waals surface area contributed by atoms with Crippen LogP contribution >= 0.6 is 11.6 Å². The Labute approximate surface area is 166 Å². The second-order valence-corrected chi connectivity index (χ2v) is 9.94. The number of fused-ring (bicyclic) bond motifs is 1. The highest BCUT2D eigenvalue weighted by atomic mass is 35.5. The zero-order valence-electron chi connectivity index (χ0n) is 15.5. The molecule has 1 saturated heterocycles. The topological polar surface area (TPSA) is 40.6 Å². The summed E-state index contributed by atoms with van der Waals surface area (Å²) in [5.41, 5.74) is 2.86. The minimum absolute atomic E-state index is 0.325. The smallest absolute Gasteiger partial charge is 0.243 e. The molecule has 6 heteroatoms. The molecule has 0 aromatic heterocycles. The predicted molar refractivity (Wildman–Crippen MR) is 108 cm³/mol. The van der Waals surface area contributed by atoms with E-state index >= 15 is 0 Å². The molecule has 0 bridgehead atoms. The molecule has 27 heavy (non-hydrogen) atoms. The van der Waals surface area contributed by atoms with Gasteiger partial charge < -0.3 is 0 Å². The van der Waals surface area contributed by atoms with E-state index in [9.17, 15) is 8.42 Å². The quantitative estimate of drug-likeness (QED) is 0.777. The summed E-state index contributed by atoms with van der Waals surface area (Å²) in [7, 11) is -1.25. The molecule has 4 nitrogen and oxygen atoms in total. The Morgan fingerprint density at radius 3 is 2.33 bits per heavy atom. The Balaban J connectivity index is 1.50. The van der Waals surface area contributed by atoms with Crippen molar-refractivity contribution in [1.29, 1.82) is 0 Å². The normalized spacial score (nSPS) is 22.5. The first-order valence-electron chi connectivity index (χ1n) is 9.50. The molecular formula is C21H25ClN2O2S. The molecule has 1 atom stereocenters. The second kappa shape index (κ2) is 7.55. The number of sulfonamides is 1. The summed E-state index contributed by atoms with van der Waals surface area (Å²) in [6, 6.07) is 15.5. The van der Waals surface area contributed by atoms with Crippen LogP contribution in [0, 0.1) is 5.92 Å². The Hall–Kier alpha value is -1.40. The van der Waals surface area contributed by atoms with Crippen LogP contribution in [0.2, 0.25) is 5.02 Å². The number of hydrogen-bond donors (Lipinski definition) is 0. The van der Waals surface area contributed by atoms with Crippen LogP contribution in [0.15, 0.2) is 53.4 Å². The van der Waals surface area contributed by atoms with Crippen molar-refractivity contribution in [3.8, 4) is 0 Å². The van der Waals surface area contributed by atoms with E-state index in [2.05, 4.69) is 36.2 Å². The predicted octanol–water partition coefficient (Wildman–Crippen LogP) is 3.97. The van der Waals surface area contributed by atoms with Crippen molar-refractivity contribution in [3.63, 3.8) is 0 Å². The van der Waals surface area contributed by atoms with Gasteiger partial charge in [0.05, 0.1) is 4.90 Å². The van der Waals surface area contributed by atoms with Gasteiger partial charge in [0.1, 0.15) is 0 Å². The maximum absolute atomic E-state index is 12.9. The summed E-state index contributed by atoms with van der Waals surface area (Å²) in [5, 5.41) is 0.548. The molecule has 0 aliphatic carbocycles. The Morgan fingerprint density at radius 2 is 1.63 bits per heavy atom. The van der Waals surface area contributed by atoms with Gasteiger partial charge in [-0.2, -0.15) is 4.31 Å². The summed E-state index contributed by atoms with van der Waals surface area (Å²) < 4.78 is 27.5. The second-order valence-electron chi connectivity index (χ2n) is 7.57. The third-order valence-electron chi connectivity index (χ3n) is 5.98. The maximum Gasteiger partial charge on any atom is 0.243 e. The fraction of sp³-hybridized carbons (Fsp3) is 0.429. The van der Waals surface area contributed by atoms with Crippen molar-refractivity contribution >= 4 is 21.6 Å². The average Bonchev–Trinajstić information content (AvgIpc) is 2.68. The van der Waals surface area contributed by atoms with Crippen molar-refractivity contribution in [2.24, 2.45) is 5.92 Å². The molecule has 0 radical (unpaired) electrons. The number of likely N-dealkylation sites (N-methyl/N-ethyl adjacent to an activating group) is 1. The number of piperidine rings is 1. The molecule has 1 unspecified atom stereocenters. The zero-order valence-corrected chi connectivity index (χ0v) is 17.1. The Bertz CT molecular complexity index is 906. The first-order valence-corrected chi connectivity index (χ1v) is 11.3. The van der Waals surface area contributed by atoms with Crippen molar-refractivity contribution in [1.82, 2.24) is 9.21 Å². The molecule has 144 valence electrons. The molecule has 2 aliphatic heterocycles. The van der Waals surface area contributed by atoms with E-state index in [4.69, 9.17) is 11.6 Å². The van der Waals surface area contributed by atoms with E-state index in [1.807, 2.05) is 0 Å². The van der Waals surface area contributed by atoms with Crippen molar-refractivity contribution in [3.05, 3.63) is 64.7 Å². The number of nitrogens with zero attached hydrogens (tertiary/aromatic N) is 2. The van der Waals surface area contributed by atoms with Crippen molar-refractivity contribution in [2.75, 3.05) is 26.7 Å². The lowest BCUT2D eigenvalue weighted by Crippen LogP contribution is -2.44. The summed E-state index contributed by atoms with van der Waals surface area (Å²) in [6.07, 6.45) is 2.86. The van der Waals surface area contributed by atoms with Crippen LogP contribution in [0.25, 0.3) is 0 Å². The average molecular weight is 405 g/mol. The largest absolute Gasteiger partial charge is 0.299 e. The van der Waals surface area contributed by atoms with Crippen LogP contribution in [-0.2, 0) is 16.4 Å². The van der Waals surface area contributed by atoms with Gasteiger partial charge in [-0.05, 0) is 67.6 Å². The Morgan fingerprint density at radius 1 is 0.963 bits per heavy atom. The van der Waals surface area contributed by atoms with Gasteiger partial charge in [0.2, 0.25) is 10.0 Å². The summed E-state index contributed by atoms with van der Waals surface area (Å²) in [5.74, 6) is 0.480. The molecule has 2 aromatic rings. The molecule has 2 aliphatic rings. The molecule has 2 aromatic carbocycles. The van der Waals surface area contributed by atoms with Crippen LogP contribution in [0.5, 0.6) is 0 Å². The van der Waals surface area contributed by atoms with E-state index in [-0.39, 0.29) is 0 Å². The highest BCUT2D eigenvalue weighted by Gasteiger charge is 2.36. The van der Waals surface area contributed by atoms with Crippen LogP contribution in [0.3, 0.4) is 0 Å². The number of hydrogen-bond acceptors (Lipinski definition) is 3. The van der Waals surface area contributed by atoms with Crippen LogP contribution in [0.4, 0.5) is 0 Å². The lowest BCUT2D eigenvalue weighted by atomic mass is 9.80. The minimum Gasteiger partial charge on any atom is -0.299 e. The SMILES string of the molecule is CN1CCc2ccccc2C1C1CCN(S(=O)(=O)c2ccc(Cl)cc2)CC1. The molecule has 0 spiro atoms. The van der Waals surface area contributed by atoms with E-state index in [1.165, 1.54) is 11.1 Å². The van der Waals surface area contributed by atoms with Gasteiger partial charge in [0.25, 0.3) is 0 Å². The summed E-state index contributed by atoms with van der Waals surface area (Å²) in [6.45, 7) is 2.20. The third kappa shape index (κ3) is 3.66. The molecule has 0 N–H and O–H groups in total. The first kappa shape index (κ1) is 18.9. The fourth-order valence-corrected chi connectivity index (χ4v) is 6.12. The number of halogens is 1. The molecule has 1 fully saturated rings.